The Morgan fingerprint density at radius 3 is 2.70 bits per heavy atom. The third kappa shape index (κ3) is 3.44. The van der Waals surface area contributed by atoms with Crippen molar-refractivity contribution in [1.82, 2.24) is 9.97 Å². The van der Waals surface area contributed by atoms with E-state index >= 15 is 0 Å². The number of fused-ring (bicyclic) bond motifs is 1. The molecule has 2 aromatic heterocycles. The number of aryl methyl sites for hydroxylation is 1. The second-order valence-electron chi connectivity index (χ2n) is 5.98. The smallest absolute Gasteiger partial charge is 0.143 e. The second-order valence-corrected chi connectivity index (χ2v) is 7.98. The fourth-order valence-corrected chi connectivity index (χ4v) is 4.41. The second kappa shape index (κ2) is 7.47. The van der Waals surface area contributed by atoms with Crippen LogP contribution in [0, 0.1) is 11.3 Å². The topological polar surface area (TPSA) is 61.6 Å². The molecule has 0 aliphatic heterocycles. The van der Waals surface area contributed by atoms with Crippen LogP contribution in [0.2, 0.25) is 0 Å². The van der Waals surface area contributed by atoms with Gasteiger partial charge in [0.15, 0.2) is 0 Å². The standard InChI is InChI=1S/C21H15BrN4S/c1-2-17-18(14-6-8-15(22)9-7-14)19-20(24-12-25-21(19)27-17)26-16-5-3-4-13(10-16)11-23/h3-10,12H,2H2,1H3,(H,24,25,26). The summed E-state index contributed by atoms with van der Waals surface area (Å²) in [6, 6.07) is 17.9. The first-order valence-corrected chi connectivity index (χ1v) is 10.1. The van der Waals surface area contributed by atoms with Gasteiger partial charge in [-0.2, -0.15) is 5.26 Å². The number of rotatable bonds is 4. The fraction of sp³-hybridized carbons (Fsp3) is 0.0952. The van der Waals surface area contributed by atoms with Crippen LogP contribution in [0.25, 0.3) is 21.3 Å². The lowest BCUT2D eigenvalue weighted by atomic mass is 10.0. The van der Waals surface area contributed by atoms with Crippen molar-refractivity contribution in [3.05, 3.63) is 69.8 Å². The molecule has 0 bridgehead atoms. The van der Waals surface area contributed by atoms with E-state index < -0.39 is 0 Å². The zero-order valence-electron chi connectivity index (χ0n) is 14.5. The quantitative estimate of drug-likeness (QED) is 0.409. The van der Waals surface area contributed by atoms with E-state index in [2.05, 4.69) is 56.3 Å². The van der Waals surface area contributed by atoms with Gasteiger partial charge >= 0.3 is 0 Å². The van der Waals surface area contributed by atoms with Gasteiger partial charge in [0.2, 0.25) is 0 Å². The van der Waals surface area contributed by atoms with Gasteiger partial charge in [0, 0.05) is 20.6 Å². The van der Waals surface area contributed by atoms with Gasteiger partial charge in [0.1, 0.15) is 17.0 Å². The maximum atomic E-state index is 9.14. The largest absolute Gasteiger partial charge is 0.340 e. The molecular weight excluding hydrogens is 420 g/mol. The number of aromatic nitrogens is 2. The van der Waals surface area contributed by atoms with Crippen LogP contribution >= 0.6 is 27.3 Å². The van der Waals surface area contributed by atoms with Crippen molar-refractivity contribution in [3.63, 3.8) is 0 Å². The molecule has 2 aromatic carbocycles. The molecule has 0 saturated carbocycles. The molecule has 0 radical (unpaired) electrons. The summed E-state index contributed by atoms with van der Waals surface area (Å²) < 4.78 is 1.05. The Morgan fingerprint density at radius 2 is 1.96 bits per heavy atom. The number of anilines is 2. The van der Waals surface area contributed by atoms with Crippen molar-refractivity contribution in [2.45, 2.75) is 13.3 Å². The van der Waals surface area contributed by atoms with Crippen LogP contribution in [-0.2, 0) is 6.42 Å². The van der Waals surface area contributed by atoms with Crippen molar-refractivity contribution in [3.8, 4) is 17.2 Å². The van der Waals surface area contributed by atoms with E-state index in [1.54, 1.807) is 23.7 Å². The summed E-state index contributed by atoms with van der Waals surface area (Å²) in [5, 5.41) is 13.5. The van der Waals surface area contributed by atoms with E-state index in [0.29, 0.717) is 5.56 Å². The number of nitriles is 1. The minimum atomic E-state index is 0.609. The number of hydrogen-bond acceptors (Lipinski definition) is 5. The zero-order chi connectivity index (χ0) is 18.8. The van der Waals surface area contributed by atoms with Crippen molar-refractivity contribution in [2.75, 3.05) is 5.32 Å². The molecular formula is C21H15BrN4S. The normalized spacial score (nSPS) is 10.7. The molecule has 0 spiro atoms. The highest BCUT2D eigenvalue weighted by atomic mass is 79.9. The first-order valence-electron chi connectivity index (χ1n) is 8.49. The maximum absolute atomic E-state index is 9.14. The number of nitrogens with one attached hydrogen (secondary N) is 1. The van der Waals surface area contributed by atoms with Gasteiger partial charge in [0.05, 0.1) is 17.0 Å². The van der Waals surface area contributed by atoms with Gasteiger partial charge in [-0.1, -0.05) is 41.1 Å². The molecule has 4 nitrogen and oxygen atoms in total. The van der Waals surface area contributed by atoms with E-state index in [0.717, 1.165) is 38.2 Å². The SMILES string of the molecule is CCc1sc2ncnc(Nc3cccc(C#N)c3)c2c1-c1ccc(Br)cc1. The summed E-state index contributed by atoms with van der Waals surface area (Å²) >= 11 is 5.21. The van der Waals surface area contributed by atoms with Gasteiger partial charge in [-0.15, -0.1) is 11.3 Å². The van der Waals surface area contributed by atoms with Crippen LogP contribution in [0.3, 0.4) is 0 Å². The monoisotopic (exact) mass is 434 g/mol. The molecule has 27 heavy (non-hydrogen) atoms. The highest BCUT2D eigenvalue weighted by Gasteiger charge is 2.18. The molecule has 0 fully saturated rings. The highest BCUT2D eigenvalue weighted by Crippen LogP contribution is 2.42. The number of thiophene rings is 1. The molecule has 0 saturated heterocycles. The van der Waals surface area contributed by atoms with Crippen molar-refractivity contribution < 1.29 is 0 Å². The summed E-state index contributed by atoms with van der Waals surface area (Å²) in [4.78, 5) is 11.2. The van der Waals surface area contributed by atoms with Gasteiger partial charge < -0.3 is 5.32 Å². The summed E-state index contributed by atoms with van der Waals surface area (Å²) in [6.45, 7) is 2.16. The minimum Gasteiger partial charge on any atom is -0.340 e. The molecule has 0 amide bonds. The Hall–Kier alpha value is -2.75. The minimum absolute atomic E-state index is 0.609. The lowest BCUT2D eigenvalue weighted by Crippen LogP contribution is -1.96. The molecule has 2 heterocycles. The zero-order valence-corrected chi connectivity index (χ0v) is 16.9. The average Bonchev–Trinajstić information content (AvgIpc) is 3.08. The van der Waals surface area contributed by atoms with Crippen molar-refractivity contribution in [2.24, 2.45) is 0 Å². The predicted molar refractivity (Wildman–Crippen MR) is 114 cm³/mol. The van der Waals surface area contributed by atoms with Crippen LogP contribution in [-0.4, -0.2) is 9.97 Å². The van der Waals surface area contributed by atoms with Gasteiger partial charge in [-0.05, 0) is 42.3 Å². The molecule has 1 N–H and O–H groups in total. The number of nitrogens with zero attached hydrogens (tertiary/aromatic N) is 3. The lowest BCUT2D eigenvalue weighted by Gasteiger charge is -2.10. The van der Waals surface area contributed by atoms with Gasteiger partial charge in [0.25, 0.3) is 0 Å². The van der Waals surface area contributed by atoms with E-state index in [1.165, 1.54) is 10.4 Å². The Bertz CT molecular complexity index is 1160. The van der Waals surface area contributed by atoms with E-state index in [4.69, 9.17) is 5.26 Å². The molecule has 0 aliphatic rings. The molecule has 6 heteroatoms. The van der Waals surface area contributed by atoms with E-state index in [-0.39, 0.29) is 0 Å². The highest BCUT2D eigenvalue weighted by molar-refractivity contribution is 9.10. The van der Waals surface area contributed by atoms with Crippen LogP contribution in [0.5, 0.6) is 0 Å². The third-order valence-electron chi connectivity index (χ3n) is 4.27. The molecule has 4 rings (SSSR count). The summed E-state index contributed by atoms with van der Waals surface area (Å²) in [5.74, 6) is 0.754. The van der Waals surface area contributed by atoms with Crippen LogP contribution in [0.4, 0.5) is 11.5 Å². The van der Waals surface area contributed by atoms with Gasteiger partial charge in [-0.25, -0.2) is 9.97 Å². The fourth-order valence-electron chi connectivity index (χ4n) is 3.05. The Morgan fingerprint density at radius 1 is 1.15 bits per heavy atom. The summed E-state index contributed by atoms with van der Waals surface area (Å²) in [5.41, 5.74) is 3.76. The van der Waals surface area contributed by atoms with Crippen LogP contribution in [0.1, 0.15) is 17.4 Å². The molecule has 0 aliphatic carbocycles. The Balaban J connectivity index is 1.90. The predicted octanol–water partition coefficient (Wildman–Crippen LogP) is 6.30. The number of benzene rings is 2. The van der Waals surface area contributed by atoms with Gasteiger partial charge in [-0.3, -0.25) is 0 Å². The summed E-state index contributed by atoms with van der Waals surface area (Å²) in [6.07, 6.45) is 2.51. The Kier molecular flexibility index (Phi) is 4.88. The van der Waals surface area contributed by atoms with Crippen molar-refractivity contribution >= 4 is 49.0 Å². The van der Waals surface area contributed by atoms with E-state index in [1.807, 2.05) is 30.3 Å². The first kappa shape index (κ1) is 17.7. The average molecular weight is 435 g/mol. The number of hydrogen-bond donors (Lipinski definition) is 1. The maximum Gasteiger partial charge on any atom is 0.143 e. The first-order chi connectivity index (χ1) is 13.2. The lowest BCUT2D eigenvalue weighted by molar-refractivity contribution is 1.19. The van der Waals surface area contributed by atoms with E-state index in [9.17, 15) is 0 Å². The van der Waals surface area contributed by atoms with Crippen LogP contribution < -0.4 is 5.32 Å². The van der Waals surface area contributed by atoms with Crippen molar-refractivity contribution in [1.29, 1.82) is 5.26 Å². The third-order valence-corrected chi connectivity index (χ3v) is 6.04. The molecule has 4 aromatic rings. The molecule has 132 valence electrons. The molecule has 0 atom stereocenters. The van der Waals surface area contributed by atoms with Crippen LogP contribution in [0.15, 0.2) is 59.3 Å². The Labute approximate surface area is 169 Å². The number of halogens is 1. The summed E-state index contributed by atoms with van der Waals surface area (Å²) in [7, 11) is 0. The molecule has 0 unspecified atom stereocenters.